The molecule has 28 heavy (non-hydrogen) atoms. The molecule has 0 spiro atoms. The molecule has 5 nitrogen and oxygen atoms in total. The lowest BCUT2D eigenvalue weighted by atomic mass is 10.0. The smallest absolute Gasteiger partial charge is 0.231 e. The van der Waals surface area contributed by atoms with Gasteiger partial charge in [-0.2, -0.15) is 0 Å². The molecule has 3 N–H and O–H groups in total. The molecular weight excluding hydrogens is 352 g/mol. The summed E-state index contributed by atoms with van der Waals surface area (Å²) in [5, 5.41) is 11.4. The number of phenolic OH excluding ortho intramolecular Hbond substituents is 1. The van der Waals surface area contributed by atoms with Gasteiger partial charge in [0, 0.05) is 22.7 Å². The summed E-state index contributed by atoms with van der Waals surface area (Å²) in [6.07, 6.45) is 5.89. The highest BCUT2D eigenvalue weighted by atomic mass is 16.5. The molecule has 1 atom stereocenters. The van der Waals surface area contributed by atoms with E-state index >= 15 is 0 Å². The summed E-state index contributed by atoms with van der Waals surface area (Å²) < 4.78 is 5.98. The molecule has 0 radical (unpaired) electrons. The van der Waals surface area contributed by atoms with Crippen molar-refractivity contribution in [2.75, 3.05) is 13.6 Å². The highest BCUT2D eigenvalue weighted by Gasteiger charge is 2.32. The summed E-state index contributed by atoms with van der Waals surface area (Å²) in [6.45, 7) is 3.78. The molecule has 0 aliphatic carbocycles. The molecule has 0 saturated carbocycles. The minimum Gasteiger partial charge on any atom is -0.507 e. The van der Waals surface area contributed by atoms with Crippen molar-refractivity contribution in [3.8, 4) is 11.5 Å². The number of quaternary nitrogens is 1. The number of phenols is 1. The number of nitrogens with one attached hydrogen (secondary N) is 2. The van der Waals surface area contributed by atoms with E-state index in [0.29, 0.717) is 23.4 Å². The van der Waals surface area contributed by atoms with Crippen LogP contribution in [0.5, 0.6) is 11.5 Å². The number of carbonyl (C=O) groups is 1. The van der Waals surface area contributed by atoms with Crippen LogP contribution in [0, 0.1) is 0 Å². The van der Waals surface area contributed by atoms with Crippen molar-refractivity contribution in [3.63, 3.8) is 0 Å². The Morgan fingerprint density at radius 1 is 1.21 bits per heavy atom. The summed E-state index contributed by atoms with van der Waals surface area (Å²) in [7, 11) is 2.09. The average Bonchev–Trinajstić information content (AvgIpc) is 3.24. The molecule has 1 aromatic heterocycles. The average molecular weight is 377 g/mol. The lowest BCUT2D eigenvalue weighted by Crippen LogP contribution is -3.07. The van der Waals surface area contributed by atoms with Gasteiger partial charge < -0.3 is 19.7 Å². The van der Waals surface area contributed by atoms with E-state index in [1.807, 2.05) is 30.5 Å². The number of aromatic nitrogens is 1. The van der Waals surface area contributed by atoms with E-state index in [9.17, 15) is 9.90 Å². The molecule has 1 unspecified atom stereocenters. The number of para-hydroxylation sites is 1. The maximum atomic E-state index is 12.9. The van der Waals surface area contributed by atoms with E-state index in [4.69, 9.17) is 4.74 Å². The standard InChI is InChI=1S/C23H24N2O3/c1-3-4-11-25(2)14-18-20(26)10-9-17-22(27)21(28-23(17)18)12-15-13-24-19-8-6-5-7-16(15)19/h5-10,12-13,24,26H,3-4,11,14H2,1-2H3/p+1/b21-12+. The number of hydrogen-bond donors (Lipinski definition) is 3. The highest BCUT2D eigenvalue weighted by Crippen LogP contribution is 2.39. The first-order valence-electron chi connectivity index (χ1n) is 9.75. The number of hydrogen-bond acceptors (Lipinski definition) is 3. The molecular formula is C23H25N2O3+. The fraction of sp³-hybridized carbons (Fsp3) is 0.261. The fourth-order valence-electron chi connectivity index (χ4n) is 3.69. The second-order valence-corrected chi connectivity index (χ2v) is 7.41. The third-order valence-electron chi connectivity index (χ3n) is 5.26. The lowest BCUT2D eigenvalue weighted by Gasteiger charge is -2.16. The Kier molecular flexibility index (Phi) is 4.92. The Balaban J connectivity index is 1.67. The van der Waals surface area contributed by atoms with Crippen molar-refractivity contribution in [1.29, 1.82) is 0 Å². The van der Waals surface area contributed by atoms with Crippen LogP contribution in [0.3, 0.4) is 0 Å². The molecule has 3 aromatic rings. The van der Waals surface area contributed by atoms with E-state index in [2.05, 4.69) is 19.0 Å². The molecule has 4 rings (SSSR count). The Morgan fingerprint density at radius 2 is 2.04 bits per heavy atom. The largest absolute Gasteiger partial charge is 0.507 e. The molecule has 0 saturated heterocycles. The van der Waals surface area contributed by atoms with Gasteiger partial charge >= 0.3 is 0 Å². The number of unbranched alkanes of at least 4 members (excludes halogenated alkanes) is 1. The van der Waals surface area contributed by atoms with Crippen molar-refractivity contribution in [2.24, 2.45) is 0 Å². The summed E-state index contributed by atoms with van der Waals surface area (Å²) >= 11 is 0. The summed E-state index contributed by atoms with van der Waals surface area (Å²) in [4.78, 5) is 17.4. The lowest BCUT2D eigenvalue weighted by molar-refractivity contribution is -0.894. The third kappa shape index (κ3) is 3.29. The molecule has 2 heterocycles. The Morgan fingerprint density at radius 3 is 2.86 bits per heavy atom. The van der Waals surface area contributed by atoms with Crippen LogP contribution in [-0.2, 0) is 6.54 Å². The number of aromatic hydroxyl groups is 1. The number of H-pyrrole nitrogens is 1. The summed E-state index contributed by atoms with van der Waals surface area (Å²) in [5.41, 5.74) is 3.13. The first-order valence-corrected chi connectivity index (χ1v) is 9.75. The molecule has 5 heteroatoms. The highest BCUT2D eigenvalue weighted by molar-refractivity contribution is 6.15. The van der Waals surface area contributed by atoms with Gasteiger partial charge in [0.05, 0.1) is 24.7 Å². The van der Waals surface area contributed by atoms with Gasteiger partial charge in [0.25, 0.3) is 0 Å². The van der Waals surface area contributed by atoms with Crippen molar-refractivity contribution >= 4 is 22.8 Å². The summed E-state index contributed by atoms with van der Waals surface area (Å²) in [5.74, 6) is 0.813. The van der Waals surface area contributed by atoms with E-state index in [1.54, 1.807) is 18.2 Å². The van der Waals surface area contributed by atoms with Crippen molar-refractivity contribution in [1.82, 2.24) is 4.98 Å². The predicted molar refractivity (Wildman–Crippen MR) is 110 cm³/mol. The van der Waals surface area contributed by atoms with Gasteiger partial charge in [-0.1, -0.05) is 31.5 Å². The van der Waals surface area contributed by atoms with Crippen LogP contribution in [0.15, 0.2) is 48.4 Å². The number of Topliss-reactive ketones (excluding diaryl/α,β-unsaturated/α-hetero) is 1. The number of benzene rings is 2. The van der Waals surface area contributed by atoms with Gasteiger partial charge in [0.15, 0.2) is 11.5 Å². The number of carbonyl (C=O) groups excluding carboxylic acids is 1. The van der Waals surface area contributed by atoms with Gasteiger partial charge in [0.1, 0.15) is 12.3 Å². The van der Waals surface area contributed by atoms with Crippen LogP contribution < -0.4 is 9.64 Å². The molecule has 0 amide bonds. The van der Waals surface area contributed by atoms with Crippen molar-refractivity contribution in [2.45, 2.75) is 26.3 Å². The van der Waals surface area contributed by atoms with Gasteiger partial charge in [-0.3, -0.25) is 4.79 Å². The molecule has 1 aliphatic heterocycles. The zero-order valence-corrected chi connectivity index (χ0v) is 16.2. The first-order chi connectivity index (χ1) is 13.6. The topological polar surface area (TPSA) is 66.8 Å². The second-order valence-electron chi connectivity index (χ2n) is 7.41. The number of ether oxygens (including phenoxy) is 1. The Hall–Kier alpha value is -3.05. The number of fused-ring (bicyclic) bond motifs is 2. The normalized spacial score (nSPS) is 15.8. The van der Waals surface area contributed by atoms with Gasteiger partial charge in [-0.25, -0.2) is 0 Å². The molecule has 2 aromatic carbocycles. The van der Waals surface area contributed by atoms with Crippen LogP contribution in [-0.4, -0.2) is 29.5 Å². The molecule has 0 bridgehead atoms. The minimum absolute atomic E-state index is 0.146. The zero-order valence-electron chi connectivity index (χ0n) is 16.2. The number of ketones is 1. The third-order valence-corrected chi connectivity index (χ3v) is 5.26. The van der Waals surface area contributed by atoms with E-state index in [1.165, 1.54) is 4.90 Å². The second kappa shape index (κ2) is 7.52. The molecule has 0 fully saturated rings. The van der Waals surface area contributed by atoms with Gasteiger partial charge in [-0.05, 0) is 30.7 Å². The minimum atomic E-state index is -0.146. The van der Waals surface area contributed by atoms with Gasteiger partial charge in [-0.15, -0.1) is 0 Å². The number of aromatic amines is 1. The Labute approximate surface area is 164 Å². The maximum Gasteiger partial charge on any atom is 0.231 e. The SMILES string of the molecule is CCCC[NH+](C)Cc1c(O)ccc2c1O/C(=C/c1c[nH]c3ccccc13)C2=O. The predicted octanol–water partition coefficient (Wildman–Crippen LogP) is 3.30. The van der Waals surface area contributed by atoms with Crippen LogP contribution in [0.1, 0.15) is 41.3 Å². The van der Waals surface area contributed by atoms with Crippen LogP contribution in [0.2, 0.25) is 0 Å². The van der Waals surface area contributed by atoms with E-state index in [-0.39, 0.29) is 17.3 Å². The van der Waals surface area contributed by atoms with Crippen LogP contribution >= 0.6 is 0 Å². The van der Waals surface area contributed by atoms with E-state index < -0.39 is 0 Å². The van der Waals surface area contributed by atoms with Crippen LogP contribution in [0.25, 0.3) is 17.0 Å². The summed E-state index contributed by atoms with van der Waals surface area (Å²) in [6, 6.07) is 11.2. The van der Waals surface area contributed by atoms with Crippen molar-refractivity contribution < 1.29 is 19.5 Å². The molecule has 144 valence electrons. The Bertz CT molecular complexity index is 1060. The van der Waals surface area contributed by atoms with Crippen molar-refractivity contribution in [3.05, 3.63) is 65.0 Å². The van der Waals surface area contributed by atoms with Crippen LogP contribution in [0.4, 0.5) is 0 Å². The quantitative estimate of drug-likeness (QED) is 0.578. The van der Waals surface area contributed by atoms with E-state index in [0.717, 1.165) is 35.9 Å². The van der Waals surface area contributed by atoms with Gasteiger partial charge in [0.2, 0.25) is 5.78 Å². The molecule has 1 aliphatic rings. The number of allylic oxidation sites excluding steroid dienone is 1. The maximum absolute atomic E-state index is 12.9. The number of rotatable bonds is 6. The zero-order chi connectivity index (χ0) is 19.7. The monoisotopic (exact) mass is 377 g/mol. The fourth-order valence-corrected chi connectivity index (χ4v) is 3.69. The first kappa shape index (κ1) is 18.3.